The average molecular weight is 841 g/mol. The fraction of sp³-hybridized carbons (Fsp3) is 0.167. The van der Waals surface area contributed by atoms with Crippen molar-refractivity contribution in [1.82, 2.24) is 4.57 Å². The molecule has 0 saturated heterocycles. The van der Waals surface area contributed by atoms with Crippen molar-refractivity contribution in [3.8, 4) is 5.75 Å². The number of ether oxygens (including phenoxy) is 2. The van der Waals surface area contributed by atoms with Crippen molar-refractivity contribution < 1.29 is 14.3 Å². The zero-order valence-corrected chi connectivity index (χ0v) is 28.2. The number of nitrogens with zero attached hydrogens (tertiary/aromatic N) is 2. The summed E-state index contributed by atoms with van der Waals surface area (Å²) in [6.45, 7) is 4.23. The summed E-state index contributed by atoms with van der Waals surface area (Å²) in [4.78, 5) is 32.0. The second-order valence-corrected chi connectivity index (χ2v) is 13.3. The quantitative estimate of drug-likeness (QED) is 0.161. The van der Waals surface area contributed by atoms with Crippen molar-refractivity contribution in [3.63, 3.8) is 0 Å². The second kappa shape index (κ2) is 12.7. The predicted octanol–water partition coefficient (Wildman–Crippen LogP) is 6.35. The molecule has 4 aromatic rings. The molecule has 6 nitrogen and oxygen atoms in total. The van der Waals surface area contributed by atoms with E-state index in [1.54, 1.807) is 18.4 Å². The number of halogens is 3. The molecule has 0 bridgehead atoms. The van der Waals surface area contributed by atoms with Crippen molar-refractivity contribution in [3.05, 3.63) is 126 Å². The van der Waals surface area contributed by atoms with Gasteiger partial charge in [0.1, 0.15) is 12.4 Å². The van der Waals surface area contributed by atoms with Crippen LogP contribution in [0.4, 0.5) is 0 Å². The number of rotatable bonds is 7. The largest absolute Gasteiger partial charge is 0.488 e. The van der Waals surface area contributed by atoms with Crippen LogP contribution in [-0.4, -0.2) is 17.1 Å². The van der Waals surface area contributed by atoms with Crippen molar-refractivity contribution in [2.24, 2.45) is 4.99 Å². The van der Waals surface area contributed by atoms with Gasteiger partial charge in [-0.1, -0.05) is 63.7 Å². The Kier molecular flexibility index (Phi) is 9.28. The summed E-state index contributed by atoms with van der Waals surface area (Å²) in [5.41, 5.74) is 3.44. The van der Waals surface area contributed by atoms with Gasteiger partial charge in [-0.2, -0.15) is 0 Å². The van der Waals surface area contributed by atoms with E-state index in [1.807, 2.05) is 66.7 Å². The van der Waals surface area contributed by atoms with Gasteiger partial charge in [0.15, 0.2) is 4.80 Å². The zero-order valence-electron chi connectivity index (χ0n) is 21.5. The molecule has 1 aliphatic heterocycles. The van der Waals surface area contributed by atoms with Crippen LogP contribution in [0, 0.1) is 7.14 Å². The SMILES string of the molecule is CCOC(=O)C1=C(C)N=c2s/c(=C\c3ccc(COc4ccc(I)cc4I)cc3)c(=O)n2[C@H]1c1ccc(Br)cc1. The first-order valence-electron chi connectivity index (χ1n) is 12.4. The molecule has 0 unspecified atom stereocenters. The summed E-state index contributed by atoms with van der Waals surface area (Å²) in [6, 6.07) is 21.0. The molecule has 0 radical (unpaired) electrons. The standard InChI is InChI=1S/C30H23BrI2N2O4S/c1-3-38-29(37)26-17(2)34-30-35(27(26)20-8-10-21(31)11-9-20)28(36)25(40-30)14-18-4-6-19(7-5-18)16-39-24-13-12-22(32)15-23(24)33/h4-15,27H,3,16H2,1-2H3/b25-14-/t27-/m0/s1. The zero-order chi connectivity index (χ0) is 28.4. The Balaban J connectivity index is 1.48. The van der Waals surface area contributed by atoms with Crippen molar-refractivity contribution >= 4 is 84.5 Å². The maximum absolute atomic E-state index is 13.8. The second-order valence-electron chi connectivity index (χ2n) is 8.96. The molecule has 204 valence electrons. The minimum Gasteiger partial charge on any atom is -0.488 e. The number of benzene rings is 3. The lowest BCUT2D eigenvalue weighted by atomic mass is 9.96. The monoisotopic (exact) mass is 840 g/mol. The normalized spacial score (nSPS) is 15.0. The molecular weight excluding hydrogens is 818 g/mol. The lowest BCUT2D eigenvalue weighted by Gasteiger charge is -2.24. The molecule has 0 N–H and O–H groups in total. The van der Waals surface area contributed by atoms with Crippen molar-refractivity contribution in [2.75, 3.05) is 6.61 Å². The minimum atomic E-state index is -0.630. The summed E-state index contributed by atoms with van der Waals surface area (Å²) >= 11 is 9.34. The third-order valence-corrected chi connectivity index (χ3v) is 9.29. The van der Waals surface area contributed by atoms with Crippen LogP contribution in [0.1, 0.15) is 36.6 Å². The predicted molar refractivity (Wildman–Crippen MR) is 177 cm³/mol. The topological polar surface area (TPSA) is 69.9 Å². The molecule has 3 aromatic carbocycles. The molecule has 1 aromatic heterocycles. The fourth-order valence-corrected chi connectivity index (χ4v) is 7.44. The summed E-state index contributed by atoms with van der Waals surface area (Å²) in [7, 11) is 0. The van der Waals surface area contributed by atoms with Crippen LogP contribution in [0.15, 0.2) is 92.3 Å². The van der Waals surface area contributed by atoms with Crippen LogP contribution in [0.3, 0.4) is 0 Å². The molecule has 2 heterocycles. The third kappa shape index (κ3) is 6.29. The van der Waals surface area contributed by atoms with E-state index in [0.717, 1.165) is 30.5 Å². The molecule has 5 rings (SSSR count). The van der Waals surface area contributed by atoms with E-state index in [-0.39, 0.29) is 12.2 Å². The first-order chi connectivity index (χ1) is 19.2. The van der Waals surface area contributed by atoms with Crippen LogP contribution < -0.4 is 19.6 Å². The Morgan fingerprint density at radius 1 is 1.10 bits per heavy atom. The molecule has 0 spiro atoms. The number of aromatic nitrogens is 1. The highest BCUT2D eigenvalue weighted by molar-refractivity contribution is 14.1. The smallest absolute Gasteiger partial charge is 0.338 e. The van der Waals surface area contributed by atoms with Gasteiger partial charge in [-0.15, -0.1) is 0 Å². The van der Waals surface area contributed by atoms with E-state index in [0.29, 0.717) is 27.2 Å². The number of thiazole rings is 1. The Bertz CT molecular complexity index is 1800. The molecule has 10 heteroatoms. The molecule has 0 fully saturated rings. The van der Waals surface area contributed by atoms with E-state index in [4.69, 9.17) is 9.47 Å². The first kappa shape index (κ1) is 29.2. The highest BCUT2D eigenvalue weighted by Gasteiger charge is 2.33. The van der Waals surface area contributed by atoms with Gasteiger partial charge in [0, 0.05) is 8.04 Å². The van der Waals surface area contributed by atoms with Gasteiger partial charge >= 0.3 is 5.97 Å². The number of carbonyl (C=O) groups excluding carboxylic acids is 1. The molecular formula is C30H23BrI2N2O4S. The van der Waals surface area contributed by atoms with Crippen LogP contribution in [-0.2, 0) is 16.1 Å². The Morgan fingerprint density at radius 3 is 2.50 bits per heavy atom. The highest BCUT2D eigenvalue weighted by Crippen LogP contribution is 2.31. The number of hydrogen-bond acceptors (Lipinski definition) is 6. The Labute approximate surface area is 270 Å². The number of carbonyl (C=O) groups is 1. The van der Waals surface area contributed by atoms with E-state index in [2.05, 4.69) is 72.2 Å². The van der Waals surface area contributed by atoms with Crippen LogP contribution in [0.25, 0.3) is 6.08 Å². The van der Waals surface area contributed by atoms with Crippen LogP contribution in [0.2, 0.25) is 0 Å². The van der Waals surface area contributed by atoms with Gasteiger partial charge in [0.2, 0.25) is 0 Å². The lowest BCUT2D eigenvalue weighted by Crippen LogP contribution is -2.39. The van der Waals surface area contributed by atoms with Gasteiger partial charge in [0.25, 0.3) is 5.56 Å². The highest BCUT2D eigenvalue weighted by atomic mass is 127. The van der Waals surface area contributed by atoms with Gasteiger partial charge in [-0.3, -0.25) is 9.36 Å². The van der Waals surface area contributed by atoms with E-state index in [1.165, 1.54) is 14.9 Å². The summed E-state index contributed by atoms with van der Waals surface area (Å²) < 4.78 is 16.6. The molecule has 40 heavy (non-hydrogen) atoms. The van der Waals surface area contributed by atoms with E-state index < -0.39 is 12.0 Å². The van der Waals surface area contributed by atoms with Crippen molar-refractivity contribution in [2.45, 2.75) is 26.5 Å². The Hall–Kier alpha value is -2.29. The Morgan fingerprint density at radius 2 is 1.82 bits per heavy atom. The number of hydrogen-bond donors (Lipinski definition) is 0. The first-order valence-corrected chi connectivity index (χ1v) is 16.1. The minimum absolute atomic E-state index is 0.202. The van der Waals surface area contributed by atoms with Gasteiger partial charge in [-0.25, -0.2) is 9.79 Å². The number of esters is 1. The van der Waals surface area contributed by atoms with Crippen molar-refractivity contribution in [1.29, 1.82) is 0 Å². The molecule has 1 aliphatic rings. The summed E-state index contributed by atoms with van der Waals surface area (Å²) in [5, 5.41) is 0. The molecule has 1 atom stereocenters. The lowest BCUT2D eigenvalue weighted by molar-refractivity contribution is -0.139. The molecule has 0 saturated carbocycles. The fourth-order valence-electron chi connectivity index (χ4n) is 4.37. The van der Waals surface area contributed by atoms with E-state index >= 15 is 0 Å². The molecule has 0 amide bonds. The number of allylic oxidation sites excluding steroid dienone is 1. The van der Waals surface area contributed by atoms with Gasteiger partial charge in [0.05, 0.1) is 32.0 Å². The molecule has 0 aliphatic carbocycles. The summed E-state index contributed by atoms with van der Waals surface area (Å²) in [6.07, 6.45) is 1.86. The maximum atomic E-state index is 13.8. The van der Waals surface area contributed by atoms with E-state index in [9.17, 15) is 9.59 Å². The van der Waals surface area contributed by atoms with Gasteiger partial charge in [-0.05, 0) is 112 Å². The third-order valence-electron chi connectivity index (χ3n) is 6.27. The van der Waals surface area contributed by atoms with Crippen LogP contribution in [0.5, 0.6) is 5.75 Å². The average Bonchev–Trinajstić information content (AvgIpc) is 3.23. The van der Waals surface area contributed by atoms with Crippen LogP contribution >= 0.6 is 72.4 Å². The summed E-state index contributed by atoms with van der Waals surface area (Å²) in [5.74, 6) is 0.382. The maximum Gasteiger partial charge on any atom is 0.338 e. The van der Waals surface area contributed by atoms with Gasteiger partial charge < -0.3 is 9.47 Å². The number of fused-ring (bicyclic) bond motifs is 1.